The lowest BCUT2D eigenvalue weighted by Gasteiger charge is -2.08. The van der Waals surface area contributed by atoms with Gasteiger partial charge in [0.15, 0.2) is 5.82 Å². The van der Waals surface area contributed by atoms with Crippen LogP contribution in [0.3, 0.4) is 0 Å². The highest BCUT2D eigenvalue weighted by Crippen LogP contribution is 2.28. The molecule has 3 N–H and O–H groups in total. The molecule has 2 atom stereocenters. The van der Waals surface area contributed by atoms with Crippen LogP contribution in [0.4, 0.5) is 0 Å². The van der Waals surface area contributed by atoms with Crippen LogP contribution in [-0.2, 0) is 5.75 Å². The first-order valence-corrected chi connectivity index (χ1v) is 7.07. The third kappa shape index (κ3) is 3.70. The zero-order valence-electron chi connectivity index (χ0n) is 10.3. The smallest absolute Gasteiger partial charge is 0.246 e. The Morgan fingerprint density at radius 2 is 2.21 bits per heavy atom. The number of benzene rings is 1. The fourth-order valence-electron chi connectivity index (χ4n) is 1.37. The van der Waals surface area contributed by atoms with Crippen LogP contribution in [-0.4, -0.2) is 21.4 Å². The van der Waals surface area contributed by atoms with E-state index in [4.69, 9.17) is 21.9 Å². The topological polar surface area (TPSA) is 85.2 Å². The SMILES string of the molecule is CC(O)C(N)c1nc(CSc2ccccc2Cl)no1. The van der Waals surface area contributed by atoms with Crippen molar-refractivity contribution >= 4 is 23.4 Å². The summed E-state index contributed by atoms with van der Waals surface area (Å²) in [5, 5.41) is 13.9. The van der Waals surface area contributed by atoms with Gasteiger partial charge in [-0.05, 0) is 19.1 Å². The monoisotopic (exact) mass is 299 g/mol. The van der Waals surface area contributed by atoms with Gasteiger partial charge in [-0.2, -0.15) is 4.98 Å². The summed E-state index contributed by atoms with van der Waals surface area (Å²) in [5.74, 6) is 1.29. The number of aromatic nitrogens is 2. The third-order valence-corrected chi connectivity index (χ3v) is 3.99. The minimum Gasteiger partial charge on any atom is -0.391 e. The van der Waals surface area contributed by atoms with Crippen molar-refractivity contribution in [2.45, 2.75) is 29.7 Å². The van der Waals surface area contributed by atoms with E-state index in [0.717, 1.165) is 4.90 Å². The molecule has 2 unspecified atom stereocenters. The molecule has 1 aromatic heterocycles. The van der Waals surface area contributed by atoms with E-state index in [9.17, 15) is 5.11 Å². The Labute approximate surface area is 120 Å². The first-order chi connectivity index (χ1) is 9.08. The fraction of sp³-hybridized carbons (Fsp3) is 0.333. The molecule has 7 heteroatoms. The van der Waals surface area contributed by atoms with E-state index in [1.54, 1.807) is 6.92 Å². The Balaban J connectivity index is 1.99. The van der Waals surface area contributed by atoms with E-state index in [-0.39, 0.29) is 5.89 Å². The highest BCUT2D eigenvalue weighted by Gasteiger charge is 2.19. The van der Waals surface area contributed by atoms with Gasteiger partial charge in [0.1, 0.15) is 6.04 Å². The molecule has 0 amide bonds. The van der Waals surface area contributed by atoms with Crippen molar-refractivity contribution < 1.29 is 9.63 Å². The van der Waals surface area contributed by atoms with E-state index in [1.807, 2.05) is 24.3 Å². The number of nitrogens with zero attached hydrogens (tertiary/aromatic N) is 2. The maximum Gasteiger partial charge on any atom is 0.246 e. The largest absolute Gasteiger partial charge is 0.391 e. The molecule has 102 valence electrons. The molecule has 5 nitrogen and oxygen atoms in total. The highest BCUT2D eigenvalue weighted by molar-refractivity contribution is 7.98. The van der Waals surface area contributed by atoms with Crippen LogP contribution in [0, 0.1) is 0 Å². The van der Waals surface area contributed by atoms with Gasteiger partial charge in [0.25, 0.3) is 0 Å². The first-order valence-electron chi connectivity index (χ1n) is 5.71. The minimum absolute atomic E-state index is 0.241. The van der Waals surface area contributed by atoms with E-state index < -0.39 is 12.1 Å². The molecule has 0 saturated heterocycles. The number of rotatable bonds is 5. The van der Waals surface area contributed by atoms with E-state index in [1.165, 1.54) is 11.8 Å². The van der Waals surface area contributed by atoms with Gasteiger partial charge in [0, 0.05) is 4.90 Å². The van der Waals surface area contributed by atoms with Crippen molar-refractivity contribution in [2.75, 3.05) is 0 Å². The molecule has 0 bridgehead atoms. The van der Waals surface area contributed by atoms with Crippen molar-refractivity contribution in [1.29, 1.82) is 0 Å². The molecule has 0 saturated carbocycles. The van der Waals surface area contributed by atoms with Crippen LogP contribution in [0.1, 0.15) is 24.7 Å². The van der Waals surface area contributed by atoms with Gasteiger partial charge in [0.2, 0.25) is 5.89 Å². The number of aliphatic hydroxyl groups excluding tert-OH is 1. The van der Waals surface area contributed by atoms with Gasteiger partial charge >= 0.3 is 0 Å². The normalized spacial score (nSPS) is 14.3. The maximum atomic E-state index is 9.35. The molecule has 19 heavy (non-hydrogen) atoms. The van der Waals surface area contributed by atoms with Crippen LogP contribution in [0.25, 0.3) is 0 Å². The summed E-state index contributed by atoms with van der Waals surface area (Å²) in [6.07, 6.45) is -0.732. The summed E-state index contributed by atoms with van der Waals surface area (Å²) in [4.78, 5) is 5.10. The number of thioether (sulfide) groups is 1. The van der Waals surface area contributed by atoms with Crippen LogP contribution in [0.5, 0.6) is 0 Å². The van der Waals surface area contributed by atoms with Gasteiger partial charge in [-0.15, -0.1) is 11.8 Å². The lowest BCUT2D eigenvalue weighted by atomic mass is 10.2. The van der Waals surface area contributed by atoms with Gasteiger partial charge in [-0.25, -0.2) is 0 Å². The molecule has 0 spiro atoms. The van der Waals surface area contributed by atoms with Gasteiger partial charge in [-0.3, -0.25) is 0 Å². The van der Waals surface area contributed by atoms with Crippen LogP contribution >= 0.6 is 23.4 Å². The van der Waals surface area contributed by atoms with Crippen molar-refractivity contribution in [3.8, 4) is 0 Å². The number of hydrogen-bond donors (Lipinski definition) is 2. The molecule has 2 rings (SSSR count). The number of hydrogen-bond acceptors (Lipinski definition) is 6. The minimum atomic E-state index is -0.732. The molecule has 2 aromatic rings. The Morgan fingerprint density at radius 3 is 2.89 bits per heavy atom. The number of halogens is 1. The van der Waals surface area contributed by atoms with Gasteiger partial charge in [-0.1, -0.05) is 28.9 Å². The lowest BCUT2D eigenvalue weighted by Crippen LogP contribution is -2.23. The molecular formula is C12H14ClN3O2S. The average molecular weight is 300 g/mol. The summed E-state index contributed by atoms with van der Waals surface area (Å²) in [6, 6.07) is 6.89. The summed E-state index contributed by atoms with van der Waals surface area (Å²) in [7, 11) is 0. The predicted molar refractivity (Wildman–Crippen MR) is 73.9 cm³/mol. The second-order valence-electron chi connectivity index (χ2n) is 4.03. The Bertz CT molecular complexity index is 547. The van der Waals surface area contributed by atoms with Crippen LogP contribution in [0.2, 0.25) is 5.02 Å². The first kappa shape index (κ1) is 14.3. The standard InChI is InChI=1S/C12H14ClN3O2S/c1-7(17)11(14)12-15-10(16-18-12)6-19-9-5-3-2-4-8(9)13/h2-5,7,11,17H,6,14H2,1H3. The van der Waals surface area contributed by atoms with Crippen molar-refractivity contribution in [2.24, 2.45) is 5.73 Å². The second-order valence-corrected chi connectivity index (χ2v) is 5.46. The zero-order chi connectivity index (χ0) is 13.8. The van der Waals surface area contributed by atoms with Crippen LogP contribution < -0.4 is 5.73 Å². The van der Waals surface area contributed by atoms with E-state index in [2.05, 4.69) is 10.1 Å². The summed E-state index contributed by atoms with van der Waals surface area (Å²) >= 11 is 7.56. The summed E-state index contributed by atoms with van der Waals surface area (Å²) in [6.45, 7) is 1.58. The lowest BCUT2D eigenvalue weighted by molar-refractivity contribution is 0.146. The second kappa shape index (κ2) is 6.38. The van der Waals surface area contributed by atoms with Gasteiger partial charge < -0.3 is 15.4 Å². The van der Waals surface area contributed by atoms with Crippen molar-refractivity contribution in [1.82, 2.24) is 10.1 Å². The molecule has 0 aliphatic heterocycles. The zero-order valence-corrected chi connectivity index (χ0v) is 11.9. The quantitative estimate of drug-likeness (QED) is 0.825. The Kier molecular flexibility index (Phi) is 4.81. The summed E-state index contributed by atoms with van der Waals surface area (Å²) in [5.41, 5.74) is 5.71. The van der Waals surface area contributed by atoms with Crippen molar-refractivity contribution in [3.05, 3.63) is 41.0 Å². The van der Waals surface area contributed by atoms with Gasteiger partial charge in [0.05, 0.1) is 16.9 Å². The summed E-state index contributed by atoms with van der Waals surface area (Å²) < 4.78 is 5.01. The predicted octanol–water partition coefficient (Wildman–Crippen LogP) is 2.40. The maximum absolute atomic E-state index is 9.35. The number of aliphatic hydroxyl groups is 1. The van der Waals surface area contributed by atoms with E-state index >= 15 is 0 Å². The molecule has 0 radical (unpaired) electrons. The average Bonchev–Trinajstić information content (AvgIpc) is 2.85. The molecule has 0 aliphatic rings. The van der Waals surface area contributed by atoms with Crippen molar-refractivity contribution in [3.63, 3.8) is 0 Å². The highest BCUT2D eigenvalue weighted by atomic mass is 35.5. The Morgan fingerprint density at radius 1 is 1.47 bits per heavy atom. The molecule has 1 aromatic carbocycles. The molecular weight excluding hydrogens is 286 g/mol. The molecule has 1 heterocycles. The molecule has 0 aliphatic carbocycles. The van der Waals surface area contributed by atoms with E-state index in [0.29, 0.717) is 16.6 Å². The fourth-order valence-corrected chi connectivity index (χ4v) is 2.45. The van der Waals surface area contributed by atoms with Crippen LogP contribution in [0.15, 0.2) is 33.7 Å². The third-order valence-electron chi connectivity index (χ3n) is 2.48. The Hall–Kier alpha value is -1.08. The number of nitrogens with two attached hydrogens (primary N) is 1. The molecule has 0 fully saturated rings.